The third-order valence-corrected chi connectivity index (χ3v) is 4.84. The van der Waals surface area contributed by atoms with Gasteiger partial charge >= 0.3 is 0 Å². The van der Waals surface area contributed by atoms with Crippen molar-refractivity contribution in [2.45, 2.75) is 38.2 Å². The fourth-order valence-electron chi connectivity index (χ4n) is 3.24. The first kappa shape index (κ1) is 15.6. The zero-order valence-electron chi connectivity index (χ0n) is 13.6. The van der Waals surface area contributed by atoms with E-state index >= 15 is 0 Å². The number of amides is 1. The van der Waals surface area contributed by atoms with Crippen LogP contribution >= 0.6 is 0 Å². The largest absolute Gasteiger partial charge is 0.368 e. The molecule has 22 heavy (non-hydrogen) atoms. The van der Waals surface area contributed by atoms with Gasteiger partial charge in [-0.05, 0) is 25.2 Å². The predicted octanol–water partition coefficient (Wildman–Crippen LogP) is 0.685. The molecule has 0 aromatic rings. The first-order valence-corrected chi connectivity index (χ1v) is 8.64. The van der Waals surface area contributed by atoms with Gasteiger partial charge in [0.1, 0.15) is 6.10 Å². The highest BCUT2D eigenvalue weighted by Crippen LogP contribution is 2.31. The Hall–Kier alpha value is -1.30. The van der Waals surface area contributed by atoms with Crippen molar-refractivity contribution in [1.82, 2.24) is 15.1 Å². The summed E-state index contributed by atoms with van der Waals surface area (Å²) in [5, 5.41) is 3.46. The van der Waals surface area contributed by atoms with Gasteiger partial charge in [0.05, 0.1) is 0 Å². The fourth-order valence-corrected chi connectivity index (χ4v) is 3.24. The van der Waals surface area contributed by atoms with Crippen molar-refractivity contribution in [3.63, 3.8) is 0 Å². The zero-order chi connectivity index (χ0) is 15.4. The molecule has 0 radical (unpaired) electrons. The first-order valence-electron chi connectivity index (χ1n) is 8.64. The van der Waals surface area contributed by atoms with E-state index in [0.717, 1.165) is 64.0 Å². The number of piperazine rings is 1. The van der Waals surface area contributed by atoms with Gasteiger partial charge in [-0.3, -0.25) is 9.79 Å². The Balaban J connectivity index is 1.42. The summed E-state index contributed by atoms with van der Waals surface area (Å²) in [5.74, 6) is 2.09. The van der Waals surface area contributed by atoms with Crippen LogP contribution in [-0.2, 0) is 9.53 Å². The van der Waals surface area contributed by atoms with Gasteiger partial charge in [-0.2, -0.15) is 0 Å². The molecule has 1 saturated carbocycles. The van der Waals surface area contributed by atoms with Crippen molar-refractivity contribution >= 4 is 11.9 Å². The summed E-state index contributed by atoms with van der Waals surface area (Å²) in [7, 11) is 1.84. The lowest BCUT2D eigenvalue weighted by Gasteiger charge is -2.37. The van der Waals surface area contributed by atoms with E-state index in [0.29, 0.717) is 0 Å². The molecular weight excluding hydrogens is 280 g/mol. The second kappa shape index (κ2) is 7.31. The van der Waals surface area contributed by atoms with Gasteiger partial charge < -0.3 is 19.9 Å². The molecular formula is C16H28N4O2. The third kappa shape index (κ3) is 3.91. The van der Waals surface area contributed by atoms with Crippen LogP contribution in [0.4, 0.5) is 0 Å². The summed E-state index contributed by atoms with van der Waals surface area (Å²) in [5.41, 5.74) is 0. The highest BCUT2D eigenvalue weighted by Gasteiger charge is 2.31. The van der Waals surface area contributed by atoms with Gasteiger partial charge in [0.15, 0.2) is 5.96 Å². The molecule has 6 heteroatoms. The first-order chi connectivity index (χ1) is 10.8. The Morgan fingerprint density at radius 3 is 2.50 bits per heavy atom. The topological polar surface area (TPSA) is 57.2 Å². The number of guanidine groups is 1. The van der Waals surface area contributed by atoms with Crippen LogP contribution < -0.4 is 5.32 Å². The summed E-state index contributed by atoms with van der Waals surface area (Å²) in [6.45, 7) is 4.97. The number of aliphatic imine (C=N–C) groups is 1. The van der Waals surface area contributed by atoms with E-state index in [1.165, 1.54) is 19.3 Å². The van der Waals surface area contributed by atoms with E-state index in [2.05, 4.69) is 15.2 Å². The summed E-state index contributed by atoms with van der Waals surface area (Å²) in [6.07, 6.45) is 5.73. The number of nitrogens with one attached hydrogen (secondary N) is 1. The molecule has 0 spiro atoms. The smallest absolute Gasteiger partial charge is 0.251 e. The monoisotopic (exact) mass is 308 g/mol. The fraction of sp³-hybridized carbons (Fsp3) is 0.875. The maximum Gasteiger partial charge on any atom is 0.251 e. The minimum Gasteiger partial charge on any atom is -0.368 e. The van der Waals surface area contributed by atoms with Crippen LogP contribution in [0.1, 0.15) is 32.1 Å². The number of carbonyl (C=O) groups excluding carboxylic acids is 1. The quantitative estimate of drug-likeness (QED) is 0.613. The second-order valence-electron chi connectivity index (χ2n) is 6.52. The highest BCUT2D eigenvalue weighted by molar-refractivity contribution is 5.82. The standard InChI is InChI=1S/C16H28N4O2/c1-17-16(18-7-6-13-4-5-13)20-10-8-19(9-11-20)15(21)14-3-2-12-22-14/h13-14H,2-12H2,1H3,(H,17,18). The third-order valence-electron chi connectivity index (χ3n) is 4.84. The molecule has 0 bridgehead atoms. The van der Waals surface area contributed by atoms with Gasteiger partial charge in [-0.15, -0.1) is 0 Å². The number of nitrogens with zero attached hydrogens (tertiary/aromatic N) is 3. The molecule has 2 saturated heterocycles. The van der Waals surface area contributed by atoms with Crippen LogP contribution in [0.15, 0.2) is 4.99 Å². The van der Waals surface area contributed by atoms with E-state index < -0.39 is 0 Å². The number of carbonyl (C=O) groups is 1. The molecule has 1 N–H and O–H groups in total. The minimum absolute atomic E-state index is 0.175. The van der Waals surface area contributed by atoms with Crippen molar-refractivity contribution in [3.8, 4) is 0 Å². The molecule has 1 aliphatic carbocycles. The number of rotatable bonds is 4. The molecule has 3 fully saturated rings. The van der Waals surface area contributed by atoms with Gasteiger partial charge in [-0.1, -0.05) is 12.8 Å². The molecule has 2 heterocycles. The summed E-state index contributed by atoms with van der Waals surface area (Å²) < 4.78 is 5.50. The maximum absolute atomic E-state index is 12.3. The molecule has 124 valence electrons. The Labute approximate surface area is 132 Å². The van der Waals surface area contributed by atoms with Crippen molar-refractivity contribution in [2.24, 2.45) is 10.9 Å². The van der Waals surface area contributed by atoms with Crippen molar-refractivity contribution < 1.29 is 9.53 Å². The van der Waals surface area contributed by atoms with E-state index in [1.807, 2.05) is 11.9 Å². The lowest BCUT2D eigenvalue weighted by Crippen LogP contribution is -2.55. The van der Waals surface area contributed by atoms with Gasteiger partial charge in [0.25, 0.3) is 5.91 Å². The Morgan fingerprint density at radius 2 is 1.91 bits per heavy atom. The zero-order valence-corrected chi connectivity index (χ0v) is 13.6. The molecule has 2 aliphatic heterocycles. The van der Waals surface area contributed by atoms with Crippen molar-refractivity contribution in [3.05, 3.63) is 0 Å². The van der Waals surface area contributed by atoms with Gasteiger partial charge in [-0.25, -0.2) is 0 Å². The molecule has 3 aliphatic rings. The summed E-state index contributed by atoms with van der Waals surface area (Å²) in [6, 6.07) is 0. The average molecular weight is 308 g/mol. The lowest BCUT2D eigenvalue weighted by atomic mass is 10.2. The van der Waals surface area contributed by atoms with E-state index in [4.69, 9.17) is 4.74 Å². The lowest BCUT2D eigenvalue weighted by molar-refractivity contribution is -0.142. The van der Waals surface area contributed by atoms with Crippen LogP contribution in [-0.4, -0.2) is 74.1 Å². The Bertz CT molecular complexity index is 408. The molecule has 3 rings (SSSR count). The van der Waals surface area contributed by atoms with Crippen LogP contribution in [0.25, 0.3) is 0 Å². The molecule has 0 aromatic carbocycles. The van der Waals surface area contributed by atoms with Crippen molar-refractivity contribution in [1.29, 1.82) is 0 Å². The maximum atomic E-state index is 12.3. The number of hydrogen-bond acceptors (Lipinski definition) is 3. The van der Waals surface area contributed by atoms with E-state index in [9.17, 15) is 4.79 Å². The van der Waals surface area contributed by atoms with E-state index in [-0.39, 0.29) is 12.0 Å². The SMILES string of the molecule is CN=C(NCCC1CC1)N1CCN(C(=O)C2CCCO2)CC1. The molecule has 1 atom stereocenters. The highest BCUT2D eigenvalue weighted by atomic mass is 16.5. The molecule has 6 nitrogen and oxygen atoms in total. The van der Waals surface area contributed by atoms with Gasteiger partial charge in [0.2, 0.25) is 0 Å². The summed E-state index contributed by atoms with van der Waals surface area (Å²) in [4.78, 5) is 20.9. The van der Waals surface area contributed by atoms with Crippen molar-refractivity contribution in [2.75, 3.05) is 46.4 Å². The van der Waals surface area contributed by atoms with Crippen LogP contribution in [0, 0.1) is 5.92 Å². The minimum atomic E-state index is -0.192. The molecule has 1 amide bonds. The normalized spacial score (nSPS) is 26.4. The average Bonchev–Trinajstić information content (AvgIpc) is 3.22. The number of ether oxygens (including phenoxy) is 1. The Morgan fingerprint density at radius 1 is 1.18 bits per heavy atom. The van der Waals surface area contributed by atoms with E-state index in [1.54, 1.807) is 0 Å². The van der Waals surface area contributed by atoms with Gasteiger partial charge in [0, 0.05) is 46.4 Å². The molecule has 1 unspecified atom stereocenters. The second-order valence-corrected chi connectivity index (χ2v) is 6.52. The summed E-state index contributed by atoms with van der Waals surface area (Å²) >= 11 is 0. The van der Waals surface area contributed by atoms with Crippen LogP contribution in [0.2, 0.25) is 0 Å². The van der Waals surface area contributed by atoms with Crippen LogP contribution in [0.3, 0.4) is 0 Å². The Kier molecular flexibility index (Phi) is 5.18. The molecule has 0 aromatic heterocycles. The number of hydrogen-bond donors (Lipinski definition) is 1. The van der Waals surface area contributed by atoms with Crippen LogP contribution in [0.5, 0.6) is 0 Å². The predicted molar refractivity (Wildman–Crippen MR) is 85.8 cm³/mol.